The number of rotatable bonds is 1. The zero-order valence-electron chi connectivity index (χ0n) is 14.7. The highest BCUT2D eigenvalue weighted by molar-refractivity contribution is 7.89. The Balaban J connectivity index is 1.81. The smallest absolute Gasteiger partial charge is 0.330 e. The summed E-state index contributed by atoms with van der Waals surface area (Å²) in [6, 6.07) is 6.28. The van der Waals surface area contributed by atoms with Gasteiger partial charge in [-0.15, -0.1) is 0 Å². The number of hydrogen-bond donors (Lipinski definition) is 0. The first-order valence-corrected chi connectivity index (χ1v) is 10.3. The van der Waals surface area contributed by atoms with Crippen LogP contribution in [0.25, 0.3) is 0 Å². The van der Waals surface area contributed by atoms with Gasteiger partial charge in [-0.25, -0.2) is 17.6 Å². The van der Waals surface area contributed by atoms with E-state index in [0.29, 0.717) is 22.6 Å². The maximum atomic E-state index is 14.5. The van der Waals surface area contributed by atoms with Crippen LogP contribution in [0.5, 0.6) is 5.75 Å². The third-order valence-electron chi connectivity index (χ3n) is 5.23. The molecule has 142 valence electrons. The van der Waals surface area contributed by atoms with Crippen LogP contribution in [-0.2, 0) is 21.2 Å². The first-order chi connectivity index (χ1) is 12.7. The second-order valence-corrected chi connectivity index (χ2v) is 9.17. The molecule has 2 aliphatic rings. The van der Waals surface area contributed by atoms with Gasteiger partial charge in [-0.2, -0.15) is 4.31 Å². The summed E-state index contributed by atoms with van der Waals surface area (Å²) in [7, 11) is -3.94. The Morgan fingerprint density at radius 1 is 1.26 bits per heavy atom. The highest BCUT2D eigenvalue weighted by atomic mass is 35.5. The van der Waals surface area contributed by atoms with E-state index >= 15 is 0 Å². The fourth-order valence-electron chi connectivity index (χ4n) is 3.89. The largest absolute Gasteiger partial charge is 0.425 e. The normalized spacial score (nSPS) is 24.1. The molecule has 0 aliphatic carbocycles. The van der Waals surface area contributed by atoms with E-state index in [4.69, 9.17) is 16.3 Å². The Labute approximate surface area is 161 Å². The molecular formula is C19H17ClFNO4S. The molecule has 0 fully saturated rings. The maximum absolute atomic E-state index is 14.5. The number of ether oxygens (including phenoxy) is 1. The van der Waals surface area contributed by atoms with Gasteiger partial charge in [0.25, 0.3) is 0 Å². The lowest BCUT2D eigenvalue weighted by Gasteiger charge is -2.39. The molecule has 8 heteroatoms. The van der Waals surface area contributed by atoms with E-state index < -0.39 is 33.8 Å². The predicted octanol–water partition coefficient (Wildman–Crippen LogP) is 3.43. The predicted molar refractivity (Wildman–Crippen MR) is 98.0 cm³/mol. The Bertz CT molecular complexity index is 1070. The second kappa shape index (κ2) is 6.29. The fraction of sp³-hybridized carbons (Fsp3) is 0.316. The van der Waals surface area contributed by atoms with E-state index in [1.807, 2.05) is 0 Å². The molecule has 2 atom stereocenters. The summed E-state index contributed by atoms with van der Waals surface area (Å²) in [4.78, 5) is 12.8. The van der Waals surface area contributed by atoms with Crippen LogP contribution in [0.1, 0.15) is 29.5 Å². The number of hydrogen-bond acceptors (Lipinski definition) is 4. The molecule has 0 bridgehead atoms. The summed E-state index contributed by atoms with van der Waals surface area (Å²) in [5, 5.41) is 0.453. The molecule has 0 radical (unpaired) electrons. The van der Waals surface area contributed by atoms with Crippen LogP contribution in [0.4, 0.5) is 4.39 Å². The van der Waals surface area contributed by atoms with Gasteiger partial charge in [-0.1, -0.05) is 24.6 Å². The molecule has 0 saturated carbocycles. The molecule has 2 aromatic rings. The molecule has 2 heterocycles. The van der Waals surface area contributed by atoms with Crippen molar-refractivity contribution in [3.8, 4) is 5.75 Å². The number of benzene rings is 2. The van der Waals surface area contributed by atoms with Crippen LogP contribution >= 0.6 is 11.6 Å². The third kappa shape index (κ3) is 2.76. The van der Waals surface area contributed by atoms with E-state index in [1.54, 1.807) is 19.9 Å². The molecule has 0 N–H and O–H groups in total. The highest BCUT2D eigenvalue weighted by Crippen LogP contribution is 2.42. The van der Waals surface area contributed by atoms with Gasteiger partial charge in [0.15, 0.2) is 0 Å². The van der Waals surface area contributed by atoms with Gasteiger partial charge in [0.05, 0.1) is 4.90 Å². The van der Waals surface area contributed by atoms with Crippen LogP contribution in [0, 0.1) is 12.7 Å². The molecule has 0 saturated heterocycles. The van der Waals surface area contributed by atoms with Crippen molar-refractivity contribution in [2.24, 2.45) is 0 Å². The molecule has 0 aromatic heterocycles. The third-order valence-corrected chi connectivity index (χ3v) is 7.45. The van der Waals surface area contributed by atoms with Crippen LogP contribution in [-0.4, -0.2) is 31.3 Å². The van der Waals surface area contributed by atoms with E-state index in [2.05, 4.69) is 0 Å². The van der Waals surface area contributed by atoms with Crippen LogP contribution in [0.3, 0.4) is 0 Å². The van der Waals surface area contributed by atoms with E-state index in [0.717, 1.165) is 4.31 Å². The Hall–Kier alpha value is -1.96. The monoisotopic (exact) mass is 409 g/mol. The second-order valence-electron chi connectivity index (χ2n) is 6.88. The van der Waals surface area contributed by atoms with Crippen LogP contribution in [0.15, 0.2) is 35.2 Å². The molecule has 0 amide bonds. The van der Waals surface area contributed by atoms with Gasteiger partial charge in [-0.3, -0.25) is 0 Å². The van der Waals surface area contributed by atoms with Gasteiger partial charge >= 0.3 is 5.97 Å². The summed E-state index contributed by atoms with van der Waals surface area (Å²) >= 11 is 5.97. The number of carbonyl (C=O) groups is 1. The highest BCUT2D eigenvalue weighted by Gasteiger charge is 2.47. The molecule has 4 rings (SSSR count). The SMILES string of the molecule is Cc1ccc(F)c2c1OC(=O)C(N1CCc3cc(Cl)ccc3S1(=O)=O)C2C. The number of fused-ring (bicyclic) bond motifs is 2. The summed E-state index contributed by atoms with van der Waals surface area (Å²) in [6.07, 6.45) is 0.411. The van der Waals surface area contributed by atoms with Crippen molar-refractivity contribution in [3.05, 3.63) is 57.9 Å². The molecular weight excluding hydrogens is 393 g/mol. The van der Waals surface area contributed by atoms with Crippen molar-refractivity contribution in [1.82, 2.24) is 4.31 Å². The van der Waals surface area contributed by atoms with Gasteiger partial charge in [0.1, 0.15) is 17.6 Å². The summed E-state index contributed by atoms with van der Waals surface area (Å²) < 4.78 is 47.3. The Kier molecular flexibility index (Phi) is 4.29. The van der Waals surface area contributed by atoms with Crippen molar-refractivity contribution in [2.45, 2.75) is 37.1 Å². The van der Waals surface area contributed by atoms with Crippen molar-refractivity contribution >= 4 is 27.6 Å². The van der Waals surface area contributed by atoms with E-state index in [-0.39, 0.29) is 22.8 Å². The molecule has 27 heavy (non-hydrogen) atoms. The summed E-state index contributed by atoms with van der Waals surface area (Å²) in [6.45, 7) is 3.47. The molecule has 2 unspecified atom stereocenters. The standard InChI is InChI=1S/C19H17ClFNO4S/c1-10-3-5-14(21)16-11(2)17(19(23)26-18(10)16)22-8-7-12-9-13(20)4-6-15(12)27(22,24)25/h3-6,9,11,17H,7-8H2,1-2H3. The fourth-order valence-corrected chi connectivity index (χ4v) is 5.97. The first-order valence-electron chi connectivity index (χ1n) is 8.53. The molecule has 2 aliphatic heterocycles. The van der Waals surface area contributed by atoms with Gasteiger partial charge < -0.3 is 4.74 Å². The van der Waals surface area contributed by atoms with Crippen molar-refractivity contribution in [2.75, 3.05) is 6.54 Å². The number of esters is 1. The van der Waals surface area contributed by atoms with Crippen molar-refractivity contribution in [3.63, 3.8) is 0 Å². The zero-order valence-corrected chi connectivity index (χ0v) is 16.3. The number of carbonyl (C=O) groups excluding carboxylic acids is 1. The minimum atomic E-state index is -3.94. The topological polar surface area (TPSA) is 63.7 Å². The van der Waals surface area contributed by atoms with E-state index in [1.165, 1.54) is 24.3 Å². The average molecular weight is 410 g/mol. The van der Waals surface area contributed by atoms with Gasteiger partial charge in [-0.05, 0) is 48.7 Å². The zero-order chi connectivity index (χ0) is 19.5. The van der Waals surface area contributed by atoms with Crippen LogP contribution < -0.4 is 4.74 Å². The Morgan fingerprint density at radius 3 is 2.74 bits per heavy atom. The summed E-state index contributed by atoms with van der Waals surface area (Å²) in [5.41, 5.74) is 1.47. The molecule has 5 nitrogen and oxygen atoms in total. The van der Waals surface area contributed by atoms with Crippen molar-refractivity contribution < 1.29 is 22.3 Å². The van der Waals surface area contributed by atoms with Crippen molar-refractivity contribution in [1.29, 1.82) is 0 Å². The average Bonchev–Trinajstić information content (AvgIpc) is 2.59. The van der Waals surface area contributed by atoms with Gasteiger partial charge in [0, 0.05) is 23.0 Å². The lowest BCUT2D eigenvalue weighted by molar-refractivity contribution is -0.141. The number of sulfonamides is 1. The molecule has 2 aromatic carbocycles. The minimum Gasteiger partial charge on any atom is -0.425 e. The first kappa shape index (κ1) is 18.4. The van der Waals surface area contributed by atoms with Crippen LogP contribution in [0.2, 0.25) is 5.02 Å². The quantitative estimate of drug-likeness (QED) is 0.534. The lowest BCUT2D eigenvalue weighted by Crippen LogP contribution is -2.53. The molecule has 0 spiro atoms. The lowest BCUT2D eigenvalue weighted by atomic mass is 9.88. The summed E-state index contributed by atoms with van der Waals surface area (Å²) in [5.74, 6) is -1.69. The van der Waals surface area contributed by atoms with E-state index in [9.17, 15) is 17.6 Å². The Morgan fingerprint density at radius 2 is 2.00 bits per heavy atom. The minimum absolute atomic E-state index is 0.0998. The number of aryl methyl sites for hydroxylation is 1. The van der Waals surface area contributed by atoms with Gasteiger partial charge in [0.2, 0.25) is 10.0 Å². The number of nitrogens with zero attached hydrogens (tertiary/aromatic N) is 1. The number of halogens is 2. The maximum Gasteiger partial charge on any atom is 0.330 e.